The van der Waals surface area contributed by atoms with Crippen LogP contribution in [0.15, 0.2) is 29.2 Å². The fraction of sp³-hybridized carbons (Fsp3) is 0.686. The first-order valence-electron chi connectivity index (χ1n) is 17.8. The Balaban J connectivity index is 0.00000541. The van der Waals surface area contributed by atoms with Gasteiger partial charge in [-0.25, -0.2) is 17.8 Å². The summed E-state index contributed by atoms with van der Waals surface area (Å²) in [6, 6.07) is 6.42. The van der Waals surface area contributed by atoms with Crippen molar-refractivity contribution >= 4 is 34.2 Å². The Bertz CT molecular complexity index is 1520. The van der Waals surface area contributed by atoms with Crippen LogP contribution in [0.2, 0.25) is 0 Å². The van der Waals surface area contributed by atoms with Gasteiger partial charge in [-0.15, -0.1) is 12.4 Å². The third-order valence-corrected chi connectivity index (χ3v) is 11.7. The number of benzene rings is 1. The van der Waals surface area contributed by atoms with Gasteiger partial charge in [0.1, 0.15) is 11.6 Å². The van der Waals surface area contributed by atoms with Crippen molar-refractivity contribution in [2.24, 2.45) is 5.92 Å². The molecule has 12 nitrogen and oxygen atoms in total. The molecule has 1 atom stereocenters. The number of rotatable bonds is 14. The third-order valence-electron chi connectivity index (χ3n) is 10.2. The Morgan fingerprint density at radius 1 is 1.00 bits per heavy atom. The van der Waals surface area contributed by atoms with Gasteiger partial charge in [0.25, 0.3) is 0 Å². The van der Waals surface area contributed by atoms with Crippen LogP contribution in [0.1, 0.15) is 76.2 Å². The standard InChI is InChI=1S/C35H55N7O5S.ClH/c1-6-7-17-41-33(43)32(24-26(2)3)37-34(44)35(41)13-18-40(19-14-35)25-31-27(4)38-42(28(31)5)29-9-11-30(12-10-29)48(45,46)36-15-8-16-39-20-22-47-23-21-39;/h9-12,26,32,36H,6-8,13-25H2,1-5H3,(H,37,44);1H/t32-;/m0./s1. The molecule has 0 aliphatic carbocycles. The van der Waals surface area contributed by atoms with Crippen molar-refractivity contribution in [3.63, 3.8) is 0 Å². The van der Waals surface area contributed by atoms with Crippen molar-refractivity contribution in [2.45, 2.75) is 96.2 Å². The first-order chi connectivity index (χ1) is 22.9. The molecule has 2 N–H and O–H groups in total. The number of amides is 2. The third kappa shape index (κ3) is 9.04. The number of carbonyl (C=O) groups excluding carboxylic acids is 2. The molecule has 5 rings (SSSR count). The van der Waals surface area contributed by atoms with E-state index in [1.54, 1.807) is 24.3 Å². The van der Waals surface area contributed by atoms with Crippen molar-refractivity contribution in [1.29, 1.82) is 0 Å². The number of hydrogen-bond acceptors (Lipinski definition) is 8. The zero-order chi connectivity index (χ0) is 34.5. The number of nitrogens with zero attached hydrogens (tertiary/aromatic N) is 5. The second-order valence-corrected chi connectivity index (χ2v) is 15.8. The smallest absolute Gasteiger partial charge is 0.246 e. The molecule has 0 radical (unpaired) electrons. The maximum Gasteiger partial charge on any atom is 0.246 e. The number of piperidine rings is 1. The van der Waals surface area contributed by atoms with Gasteiger partial charge in [-0.3, -0.25) is 19.4 Å². The van der Waals surface area contributed by atoms with Crippen LogP contribution in [-0.4, -0.2) is 115 Å². The Morgan fingerprint density at radius 3 is 2.31 bits per heavy atom. The summed E-state index contributed by atoms with van der Waals surface area (Å²) >= 11 is 0. The van der Waals surface area contributed by atoms with Crippen LogP contribution in [0.4, 0.5) is 0 Å². The van der Waals surface area contributed by atoms with Crippen LogP contribution in [0.3, 0.4) is 0 Å². The molecule has 3 aliphatic rings. The zero-order valence-electron chi connectivity index (χ0n) is 29.9. The molecule has 3 aliphatic heterocycles. The minimum Gasteiger partial charge on any atom is -0.379 e. The SMILES string of the molecule is CCCCN1C(=O)[C@H](CC(C)C)NC(=O)C12CCN(Cc1c(C)nn(-c3ccc(S(=O)(=O)NCCCN4CCOCC4)cc3)c1C)CC2.Cl. The molecule has 4 heterocycles. The molecule has 0 unspecified atom stereocenters. The average molecular weight is 722 g/mol. The lowest BCUT2D eigenvalue weighted by atomic mass is 9.80. The van der Waals surface area contributed by atoms with Crippen LogP contribution in [0, 0.1) is 19.8 Å². The van der Waals surface area contributed by atoms with E-state index in [1.165, 1.54) is 0 Å². The first-order valence-corrected chi connectivity index (χ1v) is 19.2. The highest BCUT2D eigenvalue weighted by Crippen LogP contribution is 2.35. The van der Waals surface area contributed by atoms with E-state index in [2.05, 4.69) is 40.6 Å². The highest BCUT2D eigenvalue weighted by molar-refractivity contribution is 7.89. The number of carbonyl (C=O) groups is 2. The van der Waals surface area contributed by atoms with Gasteiger partial charge < -0.3 is 15.0 Å². The number of nitrogens with one attached hydrogen (secondary N) is 2. The van der Waals surface area contributed by atoms with Gasteiger partial charge in [0.05, 0.1) is 29.5 Å². The number of likely N-dealkylation sites (tertiary alicyclic amines) is 1. The van der Waals surface area contributed by atoms with Crippen LogP contribution >= 0.6 is 12.4 Å². The first kappa shape index (κ1) is 39.2. The number of hydrogen-bond donors (Lipinski definition) is 2. The molecule has 49 heavy (non-hydrogen) atoms. The molecule has 0 bridgehead atoms. The number of halogens is 1. The Labute approximate surface area is 298 Å². The van der Waals surface area contributed by atoms with Crippen molar-refractivity contribution < 1.29 is 22.7 Å². The maximum atomic E-state index is 13.6. The van der Waals surface area contributed by atoms with Crippen LogP contribution < -0.4 is 10.0 Å². The zero-order valence-corrected chi connectivity index (χ0v) is 31.5. The number of aryl methyl sites for hydroxylation is 1. The maximum absolute atomic E-state index is 13.6. The molecule has 1 aromatic heterocycles. The van der Waals surface area contributed by atoms with Gasteiger partial charge in [-0.05, 0) is 82.7 Å². The summed E-state index contributed by atoms with van der Waals surface area (Å²) < 4.78 is 35.9. The lowest BCUT2D eigenvalue weighted by Gasteiger charge is -2.52. The lowest BCUT2D eigenvalue weighted by molar-refractivity contribution is -0.161. The van der Waals surface area contributed by atoms with Gasteiger partial charge in [-0.1, -0.05) is 27.2 Å². The van der Waals surface area contributed by atoms with Crippen LogP contribution in [-0.2, 0) is 30.9 Å². The fourth-order valence-electron chi connectivity index (χ4n) is 7.29. The predicted molar refractivity (Wildman–Crippen MR) is 193 cm³/mol. The average Bonchev–Trinajstić information content (AvgIpc) is 3.35. The summed E-state index contributed by atoms with van der Waals surface area (Å²) in [5.74, 6) is 0.383. The van der Waals surface area contributed by atoms with Gasteiger partial charge >= 0.3 is 0 Å². The molecule has 0 saturated carbocycles. The van der Waals surface area contributed by atoms with Gasteiger partial charge in [0.15, 0.2) is 0 Å². The molecular weight excluding hydrogens is 666 g/mol. The van der Waals surface area contributed by atoms with Crippen molar-refractivity contribution in [3.05, 3.63) is 41.2 Å². The van der Waals surface area contributed by atoms with Crippen molar-refractivity contribution in [1.82, 2.24) is 34.5 Å². The minimum absolute atomic E-state index is 0. The highest BCUT2D eigenvalue weighted by atomic mass is 35.5. The van der Waals surface area contributed by atoms with E-state index in [9.17, 15) is 18.0 Å². The Hall–Kier alpha value is -2.55. The fourth-order valence-corrected chi connectivity index (χ4v) is 8.36. The molecule has 1 spiro atoms. The van der Waals surface area contributed by atoms with E-state index >= 15 is 0 Å². The molecule has 274 valence electrons. The van der Waals surface area contributed by atoms with E-state index < -0.39 is 21.6 Å². The summed E-state index contributed by atoms with van der Waals surface area (Å²) in [7, 11) is -3.61. The second kappa shape index (κ2) is 17.1. The predicted octanol–water partition coefficient (Wildman–Crippen LogP) is 3.42. The van der Waals surface area contributed by atoms with E-state index in [1.807, 2.05) is 23.4 Å². The van der Waals surface area contributed by atoms with Gasteiger partial charge in [-0.2, -0.15) is 5.10 Å². The Morgan fingerprint density at radius 2 is 1.67 bits per heavy atom. The van der Waals surface area contributed by atoms with Crippen LogP contribution in [0.25, 0.3) is 5.69 Å². The minimum atomic E-state index is -3.61. The van der Waals surface area contributed by atoms with E-state index in [0.29, 0.717) is 57.9 Å². The van der Waals surface area contributed by atoms with Crippen molar-refractivity contribution in [2.75, 3.05) is 59.0 Å². The number of morpholine rings is 1. The number of sulfonamides is 1. The number of ether oxygens (including phenoxy) is 1. The van der Waals surface area contributed by atoms with Crippen LogP contribution in [0.5, 0.6) is 0 Å². The molecule has 1 aromatic carbocycles. The van der Waals surface area contributed by atoms with Gasteiger partial charge in [0.2, 0.25) is 21.8 Å². The molecule has 3 fully saturated rings. The van der Waals surface area contributed by atoms with Crippen molar-refractivity contribution in [3.8, 4) is 5.69 Å². The largest absolute Gasteiger partial charge is 0.379 e. The van der Waals surface area contributed by atoms with E-state index in [0.717, 1.165) is 74.7 Å². The second-order valence-electron chi connectivity index (χ2n) is 14.1. The van der Waals surface area contributed by atoms with E-state index in [-0.39, 0.29) is 29.1 Å². The number of piperazine rings is 1. The quantitative estimate of drug-likeness (QED) is 0.284. The molecular formula is C35H56ClN7O5S. The Kier molecular flexibility index (Phi) is 13.7. The summed E-state index contributed by atoms with van der Waals surface area (Å²) in [4.78, 5) is 34.1. The lowest BCUT2D eigenvalue weighted by Crippen LogP contribution is -2.73. The molecule has 3 saturated heterocycles. The monoisotopic (exact) mass is 721 g/mol. The van der Waals surface area contributed by atoms with Gasteiger partial charge in [0, 0.05) is 57.1 Å². The molecule has 14 heteroatoms. The molecule has 2 aromatic rings. The number of unbranched alkanes of at least 4 members (excludes halogenated alkanes) is 1. The highest BCUT2D eigenvalue weighted by Gasteiger charge is 2.53. The number of aromatic nitrogens is 2. The summed E-state index contributed by atoms with van der Waals surface area (Å²) in [6.07, 6.45) is 4.46. The normalized spacial score (nSPS) is 20.5. The van der Waals surface area contributed by atoms with E-state index in [4.69, 9.17) is 9.84 Å². The summed E-state index contributed by atoms with van der Waals surface area (Å²) in [5, 5.41) is 7.92. The molecule has 2 amide bonds. The summed E-state index contributed by atoms with van der Waals surface area (Å²) in [6.45, 7) is 17.5. The topological polar surface area (TPSA) is 129 Å². The summed E-state index contributed by atoms with van der Waals surface area (Å²) in [5.41, 5.74) is 3.04.